The molecule has 12 heteroatoms. The number of rotatable bonds is 4. The number of H-pyrrole nitrogens is 1. The van der Waals surface area contributed by atoms with E-state index in [0.29, 0.717) is 16.4 Å². The lowest BCUT2D eigenvalue weighted by Gasteiger charge is -2.16. The summed E-state index contributed by atoms with van der Waals surface area (Å²) in [4.78, 5) is 30.5. The van der Waals surface area contributed by atoms with Gasteiger partial charge in [-0.1, -0.05) is 0 Å². The standard InChI is InChI=1S/C14H15F4N7O/c1-7-3-10(26)23-9(20-7)4-19-11-21-8(2)22-12(24-11)25-5-13(15,16)14(17,18)6-25/h3H,4-6H2,1-2H3,(H,20,23,26)(H,19,21,22,24). The van der Waals surface area contributed by atoms with Crippen LogP contribution in [-0.2, 0) is 6.54 Å². The van der Waals surface area contributed by atoms with Gasteiger partial charge >= 0.3 is 11.8 Å². The van der Waals surface area contributed by atoms with Crippen molar-refractivity contribution in [1.82, 2.24) is 24.9 Å². The highest BCUT2D eigenvalue weighted by Crippen LogP contribution is 2.41. The molecule has 0 aromatic carbocycles. The first kappa shape index (κ1) is 18.0. The van der Waals surface area contributed by atoms with Gasteiger partial charge in [0.25, 0.3) is 5.56 Å². The van der Waals surface area contributed by atoms with Crippen molar-refractivity contribution < 1.29 is 17.6 Å². The van der Waals surface area contributed by atoms with Crippen LogP contribution in [0.1, 0.15) is 17.3 Å². The highest BCUT2D eigenvalue weighted by molar-refractivity contribution is 5.40. The number of halogens is 4. The molecule has 0 bridgehead atoms. The molecule has 0 atom stereocenters. The van der Waals surface area contributed by atoms with Crippen LogP contribution in [0.5, 0.6) is 0 Å². The minimum atomic E-state index is -4.16. The van der Waals surface area contributed by atoms with Gasteiger partial charge in [0.1, 0.15) is 11.6 Å². The average Bonchev–Trinajstić information content (AvgIpc) is 2.72. The molecule has 3 heterocycles. The van der Waals surface area contributed by atoms with Gasteiger partial charge < -0.3 is 15.2 Å². The van der Waals surface area contributed by atoms with Crippen molar-refractivity contribution in [2.75, 3.05) is 23.3 Å². The lowest BCUT2D eigenvalue weighted by Crippen LogP contribution is -2.38. The van der Waals surface area contributed by atoms with Crippen LogP contribution < -0.4 is 15.8 Å². The van der Waals surface area contributed by atoms with E-state index in [0.717, 1.165) is 0 Å². The van der Waals surface area contributed by atoms with E-state index in [9.17, 15) is 22.4 Å². The van der Waals surface area contributed by atoms with E-state index in [1.807, 2.05) is 0 Å². The molecule has 140 valence electrons. The summed E-state index contributed by atoms with van der Waals surface area (Å²) in [5.74, 6) is -8.12. The summed E-state index contributed by atoms with van der Waals surface area (Å²) in [6.45, 7) is 0.810. The molecule has 8 nitrogen and oxygen atoms in total. The molecule has 2 N–H and O–H groups in total. The number of alkyl halides is 4. The van der Waals surface area contributed by atoms with E-state index in [-0.39, 0.29) is 29.8 Å². The van der Waals surface area contributed by atoms with Crippen molar-refractivity contribution >= 4 is 11.9 Å². The maximum absolute atomic E-state index is 13.4. The maximum Gasteiger partial charge on any atom is 0.329 e. The third-order valence-corrected chi connectivity index (χ3v) is 3.66. The molecular formula is C14H15F4N7O. The van der Waals surface area contributed by atoms with Crippen molar-refractivity contribution in [3.05, 3.63) is 33.8 Å². The van der Waals surface area contributed by atoms with Gasteiger partial charge in [0, 0.05) is 11.8 Å². The molecule has 1 aliphatic heterocycles. The number of aromatic amines is 1. The monoisotopic (exact) mass is 373 g/mol. The van der Waals surface area contributed by atoms with Gasteiger partial charge in [-0.2, -0.15) is 32.5 Å². The quantitative estimate of drug-likeness (QED) is 0.779. The van der Waals surface area contributed by atoms with Gasteiger partial charge in [-0.25, -0.2) is 4.98 Å². The fraction of sp³-hybridized carbons (Fsp3) is 0.500. The molecule has 0 aliphatic carbocycles. The van der Waals surface area contributed by atoms with Crippen LogP contribution in [0.2, 0.25) is 0 Å². The lowest BCUT2D eigenvalue weighted by atomic mass is 10.2. The Labute approximate surface area is 144 Å². The van der Waals surface area contributed by atoms with Crippen molar-refractivity contribution in [2.24, 2.45) is 0 Å². The Hall–Kier alpha value is -2.79. The smallest absolute Gasteiger partial charge is 0.329 e. The van der Waals surface area contributed by atoms with Crippen molar-refractivity contribution in [2.45, 2.75) is 32.2 Å². The second-order valence-electron chi connectivity index (χ2n) is 5.96. The van der Waals surface area contributed by atoms with Crippen molar-refractivity contribution in [3.63, 3.8) is 0 Å². The average molecular weight is 373 g/mol. The summed E-state index contributed by atoms with van der Waals surface area (Å²) in [6.07, 6.45) is 0. The molecule has 0 amide bonds. The SMILES string of the molecule is Cc1cc(=O)[nH]c(CNc2nc(C)nc(N3CC(F)(F)C(F)(F)C3)n2)n1. The molecule has 26 heavy (non-hydrogen) atoms. The summed E-state index contributed by atoms with van der Waals surface area (Å²) in [5.41, 5.74) is 0.183. The fourth-order valence-electron chi connectivity index (χ4n) is 2.48. The summed E-state index contributed by atoms with van der Waals surface area (Å²) in [7, 11) is 0. The van der Waals surface area contributed by atoms with E-state index in [4.69, 9.17) is 0 Å². The molecule has 3 rings (SSSR count). The predicted molar refractivity (Wildman–Crippen MR) is 83.6 cm³/mol. The molecule has 1 fully saturated rings. The minimum Gasteiger partial charge on any atom is -0.347 e. The van der Waals surface area contributed by atoms with Crippen molar-refractivity contribution in [3.8, 4) is 0 Å². The van der Waals surface area contributed by atoms with Gasteiger partial charge in [0.15, 0.2) is 0 Å². The Balaban J connectivity index is 1.79. The topological polar surface area (TPSA) is 99.7 Å². The zero-order valence-electron chi connectivity index (χ0n) is 13.9. The van der Waals surface area contributed by atoms with E-state index < -0.39 is 24.9 Å². The number of nitrogens with zero attached hydrogens (tertiary/aromatic N) is 5. The molecule has 1 aliphatic rings. The van der Waals surface area contributed by atoms with E-state index in [2.05, 4.69) is 30.2 Å². The number of anilines is 2. The predicted octanol–water partition coefficient (Wildman–Crippen LogP) is 1.27. The zero-order chi connectivity index (χ0) is 19.1. The summed E-state index contributed by atoms with van der Waals surface area (Å²) < 4.78 is 53.5. The molecule has 0 unspecified atom stereocenters. The van der Waals surface area contributed by atoms with Crippen LogP contribution in [0.15, 0.2) is 10.9 Å². The molecule has 1 saturated heterocycles. The third-order valence-electron chi connectivity index (χ3n) is 3.66. The first-order valence-corrected chi connectivity index (χ1v) is 7.60. The number of hydrogen-bond donors (Lipinski definition) is 2. The highest BCUT2D eigenvalue weighted by atomic mass is 19.3. The zero-order valence-corrected chi connectivity index (χ0v) is 13.9. The Kier molecular flexibility index (Phi) is 4.28. The highest BCUT2D eigenvalue weighted by Gasteiger charge is 2.63. The summed E-state index contributed by atoms with van der Waals surface area (Å²) in [5, 5.41) is 2.77. The fourth-order valence-corrected chi connectivity index (χ4v) is 2.48. The second-order valence-corrected chi connectivity index (χ2v) is 5.96. The van der Waals surface area contributed by atoms with Gasteiger partial charge in [0.2, 0.25) is 11.9 Å². The number of aromatic nitrogens is 5. The van der Waals surface area contributed by atoms with Gasteiger partial charge in [-0.15, -0.1) is 0 Å². The first-order chi connectivity index (χ1) is 12.1. The summed E-state index contributed by atoms with van der Waals surface area (Å²) >= 11 is 0. The van der Waals surface area contributed by atoms with Crippen LogP contribution in [0.3, 0.4) is 0 Å². The van der Waals surface area contributed by atoms with Gasteiger partial charge in [-0.05, 0) is 13.8 Å². The normalized spacial score (nSPS) is 18.2. The van der Waals surface area contributed by atoms with Crippen LogP contribution in [0.4, 0.5) is 29.5 Å². The molecule has 0 saturated carbocycles. The number of aryl methyl sites for hydroxylation is 2. The Morgan fingerprint density at radius 1 is 1.12 bits per heavy atom. The number of hydrogen-bond acceptors (Lipinski definition) is 7. The molecule has 0 radical (unpaired) electrons. The third kappa shape index (κ3) is 3.58. The Morgan fingerprint density at radius 2 is 1.77 bits per heavy atom. The Bertz CT molecular complexity index is 870. The van der Waals surface area contributed by atoms with Crippen LogP contribution in [0.25, 0.3) is 0 Å². The van der Waals surface area contributed by atoms with E-state index >= 15 is 0 Å². The lowest BCUT2D eigenvalue weighted by molar-refractivity contribution is -0.172. The molecular weight excluding hydrogens is 358 g/mol. The minimum absolute atomic E-state index is 0.00446. The Morgan fingerprint density at radius 3 is 2.38 bits per heavy atom. The second kappa shape index (κ2) is 6.18. The largest absolute Gasteiger partial charge is 0.347 e. The van der Waals surface area contributed by atoms with Crippen LogP contribution in [0, 0.1) is 13.8 Å². The van der Waals surface area contributed by atoms with E-state index in [1.165, 1.54) is 13.0 Å². The van der Waals surface area contributed by atoms with Crippen LogP contribution in [-0.4, -0.2) is 49.9 Å². The van der Waals surface area contributed by atoms with Gasteiger partial charge in [0.05, 0.1) is 19.6 Å². The van der Waals surface area contributed by atoms with Crippen molar-refractivity contribution in [1.29, 1.82) is 0 Å². The van der Waals surface area contributed by atoms with Gasteiger partial charge in [-0.3, -0.25) is 4.79 Å². The molecule has 0 spiro atoms. The van der Waals surface area contributed by atoms with E-state index in [1.54, 1.807) is 6.92 Å². The molecule has 2 aromatic heterocycles. The summed E-state index contributed by atoms with van der Waals surface area (Å²) in [6, 6.07) is 1.32. The number of nitrogens with one attached hydrogen (secondary N) is 2. The first-order valence-electron chi connectivity index (χ1n) is 7.60. The molecule has 2 aromatic rings. The van der Waals surface area contributed by atoms with Crippen LogP contribution >= 0.6 is 0 Å². The maximum atomic E-state index is 13.4.